The average Bonchev–Trinajstić information content (AvgIpc) is 2.31. The molecule has 0 spiro atoms. The smallest absolute Gasteiger partial charge is 0.201 e. The second kappa shape index (κ2) is 4.47. The minimum Gasteiger partial charge on any atom is -0.315 e. The van der Waals surface area contributed by atoms with Crippen LogP contribution in [0.5, 0.6) is 0 Å². The van der Waals surface area contributed by atoms with Gasteiger partial charge in [0.2, 0.25) is 9.84 Å². The first kappa shape index (κ1) is 11.5. The first-order valence-corrected chi connectivity index (χ1v) is 6.90. The highest BCUT2D eigenvalue weighted by molar-refractivity contribution is 7.92. The lowest BCUT2D eigenvalue weighted by molar-refractivity contribution is 0.494. The molecule has 0 saturated carbocycles. The van der Waals surface area contributed by atoms with E-state index in [0.717, 1.165) is 18.7 Å². The number of hydrogen-bond acceptors (Lipinski definition) is 5. The predicted molar refractivity (Wildman–Crippen MR) is 59.8 cm³/mol. The Labute approximate surface area is 95.2 Å². The number of nitrogens with zero attached hydrogens (tertiary/aromatic N) is 2. The number of sulfone groups is 1. The van der Waals surface area contributed by atoms with Gasteiger partial charge in [-0.15, -0.1) is 5.10 Å². The van der Waals surface area contributed by atoms with Crippen LogP contribution in [0, 0.1) is 6.92 Å². The number of hydrogen-bond donors (Lipinski definition) is 1. The Kier molecular flexibility index (Phi) is 3.20. The molecule has 16 heavy (non-hydrogen) atoms. The highest BCUT2D eigenvalue weighted by atomic mass is 32.2. The second-order valence-electron chi connectivity index (χ2n) is 4.03. The molecule has 1 saturated heterocycles. The molecule has 0 amide bonds. The Bertz CT molecular complexity index is 449. The number of nitrogens with one attached hydrogen (secondary N) is 1. The summed E-state index contributed by atoms with van der Waals surface area (Å²) in [6, 6.07) is 3.21. The summed E-state index contributed by atoms with van der Waals surface area (Å²) in [4.78, 5) is 0. The maximum atomic E-state index is 12.2. The van der Waals surface area contributed by atoms with E-state index in [1.807, 2.05) is 0 Å². The van der Waals surface area contributed by atoms with Gasteiger partial charge in [-0.3, -0.25) is 0 Å². The molecule has 1 N–H and O–H groups in total. The van der Waals surface area contributed by atoms with Crippen LogP contribution in [0.3, 0.4) is 0 Å². The van der Waals surface area contributed by atoms with Crippen LogP contribution in [0.1, 0.15) is 18.5 Å². The zero-order valence-electron chi connectivity index (χ0n) is 9.18. The molecule has 0 aliphatic carbocycles. The lowest BCUT2D eigenvalue weighted by Crippen LogP contribution is -2.39. The summed E-state index contributed by atoms with van der Waals surface area (Å²) in [5, 5.41) is 10.4. The maximum Gasteiger partial charge on any atom is 0.201 e. The van der Waals surface area contributed by atoms with E-state index < -0.39 is 9.84 Å². The van der Waals surface area contributed by atoms with Crippen molar-refractivity contribution in [2.24, 2.45) is 0 Å². The molecule has 1 aliphatic rings. The third-order valence-electron chi connectivity index (χ3n) is 2.76. The average molecular weight is 241 g/mol. The van der Waals surface area contributed by atoms with E-state index in [2.05, 4.69) is 15.5 Å². The van der Waals surface area contributed by atoms with Crippen LogP contribution in [-0.4, -0.2) is 37.0 Å². The van der Waals surface area contributed by atoms with Crippen LogP contribution in [0.2, 0.25) is 0 Å². The number of rotatable bonds is 2. The first-order valence-electron chi connectivity index (χ1n) is 5.35. The van der Waals surface area contributed by atoms with E-state index in [1.54, 1.807) is 13.0 Å². The molecule has 0 radical (unpaired) electrons. The van der Waals surface area contributed by atoms with Crippen molar-refractivity contribution in [3.05, 3.63) is 17.8 Å². The fraction of sp³-hybridized carbons (Fsp3) is 0.600. The van der Waals surface area contributed by atoms with Gasteiger partial charge < -0.3 is 5.32 Å². The van der Waals surface area contributed by atoms with E-state index in [1.165, 1.54) is 6.07 Å². The van der Waals surface area contributed by atoms with Gasteiger partial charge in [-0.1, -0.05) is 0 Å². The Morgan fingerprint density at radius 2 is 2.19 bits per heavy atom. The molecular weight excluding hydrogens is 226 g/mol. The number of piperidine rings is 1. The molecule has 88 valence electrons. The van der Waals surface area contributed by atoms with Gasteiger partial charge in [0.1, 0.15) is 0 Å². The fourth-order valence-electron chi connectivity index (χ4n) is 1.79. The molecule has 0 aromatic carbocycles. The van der Waals surface area contributed by atoms with Gasteiger partial charge in [0.25, 0.3) is 0 Å². The van der Waals surface area contributed by atoms with Crippen LogP contribution >= 0.6 is 0 Å². The Morgan fingerprint density at radius 3 is 2.75 bits per heavy atom. The Balaban J connectivity index is 2.27. The largest absolute Gasteiger partial charge is 0.315 e. The Hall–Kier alpha value is -1.01. The lowest BCUT2D eigenvalue weighted by atomic mass is 10.2. The Morgan fingerprint density at radius 1 is 1.38 bits per heavy atom. The fourth-order valence-corrected chi connectivity index (χ4v) is 3.36. The van der Waals surface area contributed by atoms with Gasteiger partial charge in [-0.25, -0.2) is 8.42 Å². The van der Waals surface area contributed by atoms with Crippen molar-refractivity contribution in [2.45, 2.75) is 30.0 Å². The minimum atomic E-state index is -3.31. The van der Waals surface area contributed by atoms with E-state index in [-0.39, 0.29) is 10.3 Å². The zero-order chi connectivity index (χ0) is 11.6. The van der Waals surface area contributed by atoms with E-state index in [4.69, 9.17) is 0 Å². The highest BCUT2D eigenvalue weighted by Gasteiger charge is 2.30. The van der Waals surface area contributed by atoms with Crippen molar-refractivity contribution in [1.82, 2.24) is 15.5 Å². The summed E-state index contributed by atoms with van der Waals surface area (Å²) in [5.41, 5.74) is 0.723. The van der Waals surface area contributed by atoms with Crippen molar-refractivity contribution < 1.29 is 8.42 Å². The van der Waals surface area contributed by atoms with E-state index in [0.29, 0.717) is 13.0 Å². The molecule has 2 heterocycles. The number of aryl methyl sites for hydroxylation is 1. The second-order valence-corrected chi connectivity index (χ2v) is 6.20. The van der Waals surface area contributed by atoms with E-state index in [9.17, 15) is 8.42 Å². The summed E-state index contributed by atoms with van der Waals surface area (Å²) < 4.78 is 24.3. The molecule has 2 rings (SSSR count). The molecule has 1 aromatic rings. The van der Waals surface area contributed by atoms with Gasteiger partial charge in [-0.2, -0.15) is 5.10 Å². The summed E-state index contributed by atoms with van der Waals surface area (Å²) in [7, 11) is -3.31. The summed E-state index contributed by atoms with van der Waals surface area (Å²) in [5.74, 6) is 0. The third-order valence-corrected chi connectivity index (χ3v) is 4.84. The quantitative estimate of drug-likeness (QED) is 0.807. The third kappa shape index (κ3) is 2.22. The van der Waals surface area contributed by atoms with Crippen LogP contribution in [0.25, 0.3) is 0 Å². The highest BCUT2D eigenvalue weighted by Crippen LogP contribution is 2.18. The molecule has 0 bridgehead atoms. The molecule has 5 nitrogen and oxygen atoms in total. The molecule has 1 aromatic heterocycles. The van der Waals surface area contributed by atoms with Crippen molar-refractivity contribution in [1.29, 1.82) is 0 Å². The monoisotopic (exact) mass is 241 g/mol. The van der Waals surface area contributed by atoms with Gasteiger partial charge in [0.05, 0.1) is 10.9 Å². The van der Waals surface area contributed by atoms with Gasteiger partial charge in [-0.05, 0) is 38.4 Å². The topological polar surface area (TPSA) is 72.0 Å². The standard InChI is InChI=1S/C10H15N3O2S/c1-8-4-5-10(13-12-8)16(14,15)9-3-2-6-11-7-9/h4-5,9,11H,2-3,6-7H2,1H3/t9-/m0/s1. The van der Waals surface area contributed by atoms with Crippen LogP contribution in [-0.2, 0) is 9.84 Å². The first-order chi connectivity index (χ1) is 7.60. The molecule has 1 fully saturated rings. The lowest BCUT2D eigenvalue weighted by Gasteiger charge is -2.22. The summed E-state index contributed by atoms with van der Waals surface area (Å²) in [6.07, 6.45) is 1.59. The molecule has 6 heteroatoms. The maximum absolute atomic E-state index is 12.2. The van der Waals surface area contributed by atoms with Crippen LogP contribution in [0.15, 0.2) is 17.2 Å². The van der Waals surface area contributed by atoms with Gasteiger partial charge in [0.15, 0.2) is 5.03 Å². The zero-order valence-corrected chi connectivity index (χ0v) is 10.00. The van der Waals surface area contributed by atoms with Crippen molar-refractivity contribution >= 4 is 9.84 Å². The SMILES string of the molecule is Cc1ccc(S(=O)(=O)[C@H]2CCCNC2)nn1. The van der Waals surface area contributed by atoms with Crippen LogP contribution in [0.4, 0.5) is 0 Å². The van der Waals surface area contributed by atoms with Gasteiger partial charge in [0, 0.05) is 6.54 Å². The van der Waals surface area contributed by atoms with Crippen LogP contribution < -0.4 is 5.32 Å². The van der Waals surface area contributed by atoms with Crippen molar-refractivity contribution in [3.63, 3.8) is 0 Å². The minimum absolute atomic E-state index is 0.0896. The summed E-state index contributed by atoms with van der Waals surface area (Å²) in [6.45, 7) is 3.19. The molecule has 1 atom stereocenters. The normalized spacial score (nSPS) is 21.9. The molecular formula is C10H15N3O2S. The van der Waals surface area contributed by atoms with Crippen molar-refractivity contribution in [3.8, 4) is 0 Å². The summed E-state index contributed by atoms with van der Waals surface area (Å²) >= 11 is 0. The van der Waals surface area contributed by atoms with E-state index >= 15 is 0 Å². The van der Waals surface area contributed by atoms with Gasteiger partial charge >= 0.3 is 0 Å². The molecule has 0 unspecified atom stereocenters. The number of aromatic nitrogens is 2. The predicted octanol–water partition coefficient (Wildman–Crippen LogP) is 0.311. The van der Waals surface area contributed by atoms with Crippen molar-refractivity contribution in [2.75, 3.05) is 13.1 Å². The molecule has 1 aliphatic heterocycles.